The van der Waals surface area contributed by atoms with E-state index in [0.717, 1.165) is 6.92 Å². The summed E-state index contributed by atoms with van der Waals surface area (Å²) in [7, 11) is 0. The van der Waals surface area contributed by atoms with E-state index in [1.807, 2.05) is 0 Å². The molecule has 2 atom stereocenters. The third kappa shape index (κ3) is 2.52. The number of aromatic nitrogens is 1. The van der Waals surface area contributed by atoms with Crippen LogP contribution in [0.2, 0.25) is 0 Å². The van der Waals surface area contributed by atoms with Crippen molar-refractivity contribution < 1.29 is 22.4 Å². The molecule has 1 aliphatic heterocycles. The van der Waals surface area contributed by atoms with Crippen LogP contribution in [0.1, 0.15) is 40.9 Å². The van der Waals surface area contributed by atoms with Gasteiger partial charge in [0.2, 0.25) is 0 Å². The molecular formula is C18H17F3N4O2. The molecule has 0 bridgehead atoms. The smallest absolute Gasteiger partial charge is 0.280 e. The Morgan fingerprint density at radius 2 is 2.07 bits per heavy atom. The summed E-state index contributed by atoms with van der Waals surface area (Å²) in [5.41, 5.74) is 2.63. The second kappa shape index (κ2) is 5.34. The highest BCUT2D eigenvalue weighted by Gasteiger charge is 2.66. The number of nitrogens with two attached hydrogens (primary N) is 1. The Morgan fingerprint density at radius 1 is 1.33 bits per heavy atom. The highest BCUT2D eigenvalue weighted by molar-refractivity contribution is 6.02. The van der Waals surface area contributed by atoms with Crippen molar-refractivity contribution in [1.29, 1.82) is 0 Å². The van der Waals surface area contributed by atoms with E-state index in [4.69, 9.17) is 10.2 Å². The molecule has 27 heavy (non-hydrogen) atoms. The highest BCUT2D eigenvalue weighted by atomic mass is 19.3. The van der Waals surface area contributed by atoms with Gasteiger partial charge in [0.25, 0.3) is 11.8 Å². The molecule has 2 aromatic rings. The number of fused-ring (bicyclic) bond motifs is 2. The van der Waals surface area contributed by atoms with Crippen molar-refractivity contribution in [2.24, 2.45) is 10.7 Å². The van der Waals surface area contributed by atoms with Gasteiger partial charge in [0, 0.05) is 19.0 Å². The van der Waals surface area contributed by atoms with E-state index in [1.165, 1.54) is 12.3 Å². The molecule has 0 fully saturated rings. The number of aliphatic imine (C=N–C) groups is 1. The highest BCUT2D eigenvalue weighted by Crippen LogP contribution is 2.57. The third-order valence-corrected chi connectivity index (χ3v) is 5.12. The first-order chi connectivity index (χ1) is 12.5. The van der Waals surface area contributed by atoms with Gasteiger partial charge in [0.05, 0.1) is 6.42 Å². The van der Waals surface area contributed by atoms with E-state index in [9.17, 15) is 18.0 Å². The van der Waals surface area contributed by atoms with Crippen molar-refractivity contribution in [1.82, 2.24) is 4.98 Å². The van der Waals surface area contributed by atoms with Crippen LogP contribution >= 0.6 is 0 Å². The van der Waals surface area contributed by atoms with Crippen LogP contribution < -0.4 is 11.1 Å². The molecule has 2 aliphatic rings. The fraction of sp³-hybridized carbons (Fsp3) is 0.389. The van der Waals surface area contributed by atoms with Crippen LogP contribution in [0.3, 0.4) is 0 Å². The summed E-state index contributed by atoms with van der Waals surface area (Å²) in [4.78, 5) is 20.0. The molecule has 0 radical (unpaired) electrons. The summed E-state index contributed by atoms with van der Waals surface area (Å²) in [6.07, 6.45) is 0.127. The number of hydrogen-bond acceptors (Lipinski definition) is 5. The predicted octanol–water partition coefficient (Wildman–Crippen LogP) is 3.11. The van der Waals surface area contributed by atoms with Gasteiger partial charge in [-0.25, -0.2) is 18.2 Å². The maximum absolute atomic E-state index is 14.8. The Labute approximate surface area is 152 Å². The minimum Gasteiger partial charge on any atom is -0.448 e. The zero-order chi connectivity index (χ0) is 19.6. The predicted molar refractivity (Wildman–Crippen MR) is 91.7 cm³/mol. The maximum Gasteiger partial charge on any atom is 0.280 e. The summed E-state index contributed by atoms with van der Waals surface area (Å²) in [6, 6.07) is 4.66. The number of benzene rings is 1. The van der Waals surface area contributed by atoms with E-state index in [1.54, 1.807) is 19.1 Å². The van der Waals surface area contributed by atoms with Crippen molar-refractivity contribution in [3.8, 4) is 0 Å². The zero-order valence-corrected chi connectivity index (χ0v) is 14.6. The number of nitrogens with one attached hydrogen (secondary N) is 1. The van der Waals surface area contributed by atoms with E-state index in [-0.39, 0.29) is 17.7 Å². The first-order valence-corrected chi connectivity index (χ1v) is 8.33. The van der Waals surface area contributed by atoms with Crippen LogP contribution in [-0.4, -0.2) is 28.3 Å². The molecule has 0 saturated heterocycles. The lowest BCUT2D eigenvalue weighted by molar-refractivity contribution is -0.120. The number of oxazole rings is 1. The normalized spacial score (nSPS) is 28.3. The number of carbonyl (C=O) groups excluding carboxylic acids is 1. The largest absolute Gasteiger partial charge is 0.448 e. The number of amides is 1. The third-order valence-electron chi connectivity index (χ3n) is 5.12. The summed E-state index contributed by atoms with van der Waals surface area (Å²) in [5, 5.41) is 2.59. The molecule has 1 spiro atoms. The topological polar surface area (TPSA) is 93.5 Å². The molecule has 2 heterocycles. The number of rotatable bonds is 2. The van der Waals surface area contributed by atoms with Gasteiger partial charge in [-0.1, -0.05) is 6.07 Å². The van der Waals surface area contributed by atoms with Crippen LogP contribution in [-0.2, 0) is 12.0 Å². The second-order valence-corrected chi connectivity index (χ2v) is 7.19. The zero-order valence-electron chi connectivity index (χ0n) is 14.6. The van der Waals surface area contributed by atoms with E-state index in [2.05, 4.69) is 15.3 Å². The minimum absolute atomic E-state index is 0.0389. The van der Waals surface area contributed by atoms with Gasteiger partial charge >= 0.3 is 0 Å². The van der Waals surface area contributed by atoms with Crippen molar-refractivity contribution in [2.75, 3.05) is 5.32 Å². The number of aryl methyl sites for hydroxylation is 1. The molecule has 0 saturated carbocycles. The maximum atomic E-state index is 14.8. The summed E-state index contributed by atoms with van der Waals surface area (Å²) < 4.78 is 48.9. The first kappa shape index (κ1) is 17.6. The molecule has 6 nitrogen and oxygen atoms in total. The van der Waals surface area contributed by atoms with E-state index in [0.29, 0.717) is 17.1 Å². The molecule has 0 unspecified atom stereocenters. The Morgan fingerprint density at radius 3 is 2.74 bits per heavy atom. The van der Waals surface area contributed by atoms with Crippen LogP contribution in [0.4, 0.5) is 18.9 Å². The van der Waals surface area contributed by atoms with Gasteiger partial charge in [-0.05, 0) is 30.2 Å². The van der Waals surface area contributed by atoms with Gasteiger partial charge in [0.1, 0.15) is 12.1 Å². The molecule has 4 rings (SSSR count). The molecular weight excluding hydrogens is 361 g/mol. The average Bonchev–Trinajstić information content (AvgIpc) is 2.98. The number of anilines is 1. The molecule has 1 aliphatic carbocycles. The molecule has 3 N–H and O–H groups in total. The number of nitrogens with zero attached hydrogens (tertiary/aromatic N) is 2. The molecule has 142 valence electrons. The first-order valence-electron chi connectivity index (χ1n) is 8.33. The summed E-state index contributed by atoms with van der Waals surface area (Å²) in [5.74, 6) is -4.04. The number of amidine groups is 1. The second-order valence-electron chi connectivity index (χ2n) is 7.19. The lowest BCUT2D eigenvalue weighted by atomic mass is 9.63. The molecule has 1 amide bonds. The monoisotopic (exact) mass is 378 g/mol. The Balaban J connectivity index is 1.68. The lowest BCUT2D eigenvalue weighted by Crippen LogP contribution is -2.61. The Kier molecular flexibility index (Phi) is 3.47. The van der Waals surface area contributed by atoms with Crippen LogP contribution in [0.25, 0.3) is 0 Å². The van der Waals surface area contributed by atoms with Gasteiger partial charge in [-0.2, -0.15) is 0 Å². The fourth-order valence-corrected chi connectivity index (χ4v) is 3.60. The van der Waals surface area contributed by atoms with Crippen molar-refractivity contribution in [2.45, 2.75) is 43.8 Å². The van der Waals surface area contributed by atoms with Crippen LogP contribution in [0.15, 0.2) is 33.9 Å². The fourth-order valence-electron chi connectivity index (χ4n) is 3.60. The number of hydrogen-bond donors (Lipinski definition) is 2. The van der Waals surface area contributed by atoms with Crippen molar-refractivity contribution in [3.63, 3.8) is 0 Å². The molecule has 1 aromatic carbocycles. The van der Waals surface area contributed by atoms with Gasteiger partial charge in [-0.3, -0.25) is 9.79 Å². The number of alkyl halides is 3. The average molecular weight is 378 g/mol. The standard InChI is InChI=1S/C18H17F3N4O2/c1-9-23-13(7-27-9)14(26)24-11-4-3-10-6-17(12(10)5-11)18(20,21)8-16(2,19)15(22)25-17/h3-5,7H,6,8H2,1-2H3,(H2,22,25)(H,24,26)/t16-,17+/m0/s1. The SMILES string of the molecule is Cc1nc(C(=O)Nc2ccc3c(c2)[C@@]2(C3)N=C(N)[C@@](C)(F)CC2(F)F)co1. The van der Waals surface area contributed by atoms with Crippen molar-refractivity contribution >= 4 is 17.4 Å². The summed E-state index contributed by atoms with van der Waals surface area (Å²) >= 11 is 0. The van der Waals surface area contributed by atoms with E-state index >= 15 is 0 Å². The van der Waals surface area contributed by atoms with Crippen molar-refractivity contribution in [3.05, 3.63) is 47.2 Å². The minimum atomic E-state index is -3.40. The molecule has 9 heteroatoms. The molecule has 1 aromatic heterocycles. The van der Waals surface area contributed by atoms with Gasteiger partial charge in [-0.15, -0.1) is 0 Å². The van der Waals surface area contributed by atoms with Crippen LogP contribution in [0.5, 0.6) is 0 Å². The van der Waals surface area contributed by atoms with E-state index < -0.39 is 35.3 Å². The summed E-state index contributed by atoms with van der Waals surface area (Å²) in [6.45, 7) is 2.60. The van der Waals surface area contributed by atoms with Gasteiger partial charge in [0.15, 0.2) is 22.8 Å². The van der Waals surface area contributed by atoms with Gasteiger partial charge < -0.3 is 15.5 Å². The Hall–Kier alpha value is -2.84. The number of halogens is 3. The quantitative estimate of drug-likeness (QED) is 0.840. The number of carbonyl (C=O) groups is 1. The van der Waals surface area contributed by atoms with Crippen LogP contribution in [0, 0.1) is 6.92 Å². The Bertz CT molecular complexity index is 983. The lowest BCUT2D eigenvalue weighted by Gasteiger charge is -2.50.